The average molecular weight is 992 g/mol. The van der Waals surface area contributed by atoms with Gasteiger partial charge in [0.15, 0.2) is 0 Å². The van der Waals surface area contributed by atoms with Gasteiger partial charge in [-0.05, 0) is 119 Å². The molecule has 13 aromatic rings. The lowest BCUT2D eigenvalue weighted by Gasteiger charge is -2.40. The number of ether oxygens (including phenoxy) is 1. The van der Waals surface area contributed by atoms with Gasteiger partial charge < -0.3 is 9.64 Å². The number of nitrogens with zero attached hydrogens (tertiary/aromatic N) is 1. The zero-order valence-electron chi connectivity index (χ0n) is 42.6. The second-order valence-electron chi connectivity index (χ2n) is 21.0. The number of hydrogen-bond donors (Lipinski definition) is 0. The van der Waals surface area contributed by atoms with Crippen molar-refractivity contribution < 1.29 is 4.74 Å². The molecule has 0 N–H and O–H groups in total. The van der Waals surface area contributed by atoms with Crippen LogP contribution in [-0.2, 0) is 10.8 Å². The van der Waals surface area contributed by atoms with Crippen molar-refractivity contribution in [3.05, 3.63) is 342 Å². The van der Waals surface area contributed by atoms with E-state index in [0.29, 0.717) is 0 Å². The first-order chi connectivity index (χ1) is 38.7. The molecule has 0 amide bonds. The van der Waals surface area contributed by atoms with Crippen LogP contribution in [0.1, 0.15) is 44.5 Å². The van der Waals surface area contributed by atoms with Crippen molar-refractivity contribution in [2.45, 2.75) is 10.8 Å². The van der Waals surface area contributed by atoms with Crippen molar-refractivity contribution >= 4 is 38.6 Å². The first-order valence-corrected chi connectivity index (χ1v) is 27.1. The van der Waals surface area contributed by atoms with Gasteiger partial charge in [-0.1, -0.05) is 261 Å². The zero-order chi connectivity index (χ0) is 51.4. The van der Waals surface area contributed by atoms with E-state index in [1.807, 2.05) is 0 Å². The molecule has 3 aliphatic rings. The van der Waals surface area contributed by atoms with Crippen LogP contribution >= 0.6 is 0 Å². The molecule has 0 bridgehead atoms. The number of para-hydroxylation sites is 1. The molecule has 16 rings (SSSR count). The summed E-state index contributed by atoms with van der Waals surface area (Å²) < 4.78 is 7.27. The van der Waals surface area contributed by atoms with Gasteiger partial charge >= 0.3 is 0 Å². The van der Waals surface area contributed by atoms with E-state index in [-0.39, 0.29) is 0 Å². The monoisotopic (exact) mass is 991 g/mol. The molecule has 2 nitrogen and oxygen atoms in total. The Morgan fingerprint density at radius 3 is 1.32 bits per heavy atom. The van der Waals surface area contributed by atoms with Gasteiger partial charge in [0.1, 0.15) is 11.5 Å². The van der Waals surface area contributed by atoms with Gasteiger partial charge in [-0.25, -0.2) is 0 Å². The number of hydrogen-bond acceptors (Lipinski definition) is 2. The van der Waals surface area contributed by atoms with Gasteiger partial charge in [0, 0.05) is 38.8 Å². The SMILES string of the molecule is c1ccc(-c2ccccc2N(c2ccc(-c3ccc4c(c3)C3(c5ccccc5-4)c4ccc5ccccc5c4Oc4c3ccc3ccccc43)cc2)c2ccc3c(c2)C(c2ccccc2)(c2ccccc2)c2ccccc2-3)cc1. The van der Waals surface area contributed by atoms with Crippen molar-refractivity contribution in [2.24, 2.45) is 0 Å². The molecule has 0 fully saturated rings. The molecular weight excluding hydrogens is 943 g/mol. The Hall–Kier alpha value is -10.0. The lowest BCUT2D eigenvalue weighted by Crippen LogP contribution is -2.32. The molecule has 0 aromatic heterocycles. The molecule has 78 heavy (non-hydrogen) atoms. The van der Waals surface area contributed by atoms with Crippen LogP contribution in [-0.4, -0.2) is 0 Å². The van der Waals surface area contributed by atoms with Gasteiger partial charge in [0.05, 0.1) is 16.5 Å². The number of benzene rings is 13. The third-order valence-corrected chi connectivity index (χ3v) is 17.2. The summed E-state index contributed by atoms with van der Waals surface area (Å²) in [5.74, 6) is 1.84. The fraction of sp³-hybridized carbons (Fsp3) is 0.0263. The second kappa shape index (κ2) is 17.3. The smallest absolute Gasteiger partial charge is 0.140 e. The average Bonchev–Trinajstić information content (AvgIpc) is 4.14. The summed E-state index contributed by atoms with van der Waals surface area (Å²) in [5, 5.41) is 4.55. The summed E-state index contributed by atoms with van der Waals surface area (Å²) in [6.45, 7) is 0. The highest BCUT2D eigenvalue weighted by atomic mass is 16.5. The predicted molar refractivity (Wildman–Crippen MR) is 322 cm³/mol. The zero-order valence-corrected chi connectivity index (χ0v) is 42.6. The van der Waals surface area contributed by atoms with Crippen LogP contribution in [0.2, 0.25) is 0 Å². The molecule has 1 heterocycles. The second-order valence-corrected chi connectivity index (χ2v) is 21.0. The first kappa shape index (κ1) is 44.3. The van der Waals surface area contributed by atoms with Crippen molar-refractivity contribution in [3.63, 3.8) is 0 Å². The Kier molecular flexibility index (Phi) is 9.80. The number of rotatable bonds is 7. The minimum Gasteiger partial charge on any atom is -0.455 e. The molecule has 0 unspecified atom stereocenters. The van der Waals surface area contributed by atoms with E-state index in [1.165, 1.54) is 55.6 Å². The molecule has 0 saturated carbocycles. The molecule has 1 aliphatic heterocycles. The van der Waals surface area contributed by atoms with Crippen LogP contribution in [0.25, 0.3) is 66.1 Å². The van der Waals surface area contributed by atoms with E-state index < -0.39 is 10.8 Å². The van der Waals surface area contributed by atoms with Crippen molar-refractivity contribution in [1.29, 1.82) is 0 Å². The van der Waals surface area contributed by atoms with Crippen LogP contribution in [0, 0.1) is 0 Å². The molecule has 2 aliphatic carbocycles. The fourth-order valence-electron chi connectivity index (χ4n) is 13.9. The Morgan fingerprint density at radius 1 is 0.256 bits per heavy atom. The van der Waals surface area contributed by atoms with Gasteiger partial charge in [0.25, 0.3) is 0 Å². The predicted octanol–water partition coefficient (Wildman–Crippen LogP) is 19.6. The van der Waals surface area contributed by atoms with Crippen molar-refractivity contribution in [2.75, 3.05) is 4.90 Å². The summed E-state index contributed by atoms with van der Waals surface area (Å²) in [5.41, 5.74) is 21.6. The number of anilines is 3. The maximum atomic E-state index is 7.27. The van der Waals surface area contributed by atoms with E-state index in [9.17, 15) is 0 Å². The standard InChI is InChI=1S/C76H49NO/c1-4-20-51(21-5-1)59-28-16-19-35-72(59)77(58-43-45-65-62-31-14-17-33-66(62)75(71(65)49-58,55-24-6-2-7-25-55)56-26-8-3-9-27-56)57-41-36-50(37-42-57)54-38-44-64-63-32-15-18-34-67(63)76(70(64)48-54)68-46-39-52-22-10-12-29-60(52)73(68)78-74-61-30-13-11-23-53(61)40-47-69(74)76/h1-49H. The summed E-state index contributed by atoms with van der Waals surface area (Å²) in [6, 6.07) is 110. The van der Waals surface area contributed by atoms with Crippen LogP contribution in [0.4, 0.5) is 17.1 Å². The van der Waals surface area contributed by atoms with E-state index >= 15 is 0 Å². The first-order valence-electron chi connectivity index (χ1n) is 27.1. The summed E-state index contributed by atoms with van der Waals surface area (Å²) in [4.78, 5) is 2.47. The van der Waals surface area contributed by atoms with Crippen LogP contribution in [0.5, 0.6) is 11.5 Å². The Balaban J connectivity index is 0.892. The molecule has 0 saturated heterocycles. The fourth-order valence-corrected chi connectivity index (χ4v) is 13.9. The summed E-state index contributed by atoms with van der Waals surface area (Å²) in [7, 11) is 0. The quantitative estimate of drug-likeness (QED) is 0.158. The Labute approximate surface area is 454 Å². The largest absolute Gasteiger partial charge is 0.455 e. The van der Waals surface area contributed by atoms with E-state index in [4.69, 9.17) is 4.74 Å². The van der Waals surface area contributed by atoms with Gasteiger partial charge in [-0.2, -0.15) is 0 Å². The molecular formula is C76H49NO. The molecule has 0 atom stereocenters. The van der Waals surface area contributed by atoms with E-state index in [0.717, 1.165) is 83.5 Å². The highest BCUT2D eigenvalue weighted by molar-refractivity contribution is 6.01. The minimum absolute atomic E-state index is 0.546. The molecule has 0 radical (unpaired) electrons. The third kappa shape index (κ3) is 6.26. The van der Waals surface area contributed by atoms with Crippen molar-refractivity contribution in [3.8, 4) is 56.0 Å². The van der Waals surface area contributed by atoms with E-state index in [2.05, 4.69) is 302 Å². The Bertz CT molecular complexity index is 4400. The maximum absolute atomic E-state index is 7.27. The van der Waals surface area contributed by atoms with Gasteiger partial charge in [-0.15, -0.1) is 0 Å². The lowest BCUT2D eigenvalue weighted by molar-refractivity contribution is 0.447. The molecule has 13 aromatic carbocycles. The molecule has 1 spiro atoms. The van der Waals surface area contributed by atoms with Crippen molar-refractivity contribution in [1.82, 2.24) is 0 Å². The summed E-state index contributed by atoms with van der Waals surface area (Å²) >= 11 is 0. The topological polar surface area (TPSA) is 12.5 Å². The van der Waals surface area contributed by atoms with Crippen LogP contribution in [0.3, 0.4) is 0 Å². The Morgan fingerprint density at radius 2 is 0.705 bits per heavy atom. The van der Waals surface area contributed by atoms with E-state index in [1.54, 1.807) is 0 Å². The summed E-state index contributed by atoms with van der Waals surface area (Å²) in [6.07, 6.45) is 0. The van der Waals surface area contributed by atoms with Gasteiger partial charge in [-0.3, -0.25) is 0 Å². The van der Waals surface area contributed by atoms with Crippen LogP contribution < -0.4 is 9.64 Å². The minimum atomic E-state index is -0.640. The van der Waals surface area contributed by atoms with Crippen LogP contribution in [0.15, 0.2) is 297 Å². The number of fused-ring (bicyclic) bond motifs is 16. The lowest BCUT2D eigenvalue weighted by atomic mass is 9.65. The van der Waals surface area contributed by atoms with Gasteiger partial charge in [0.2, 0.25) is 0 Å². The highest BCUT2D eigenvalue weighted by Gasteiger charge is 2.52. The maximum Gasteiger partial charge on any atom is 0.140 e. The third-order valence-electron chi connectivity index (χ3n) is 17.2. The highest BCUT2D eigenvalue weighted by Crippen LogP contribution is 2.65. The molecule has 2 heteroatoms. The molecule has 364 valence electrons. The normalized spacial score (nSPS) is 13.7.